The van der Waals surface area contributed by atoms with Crippen molar-refractivity contribution >= 4 is 35.8 Å². The van der Waals surface area contributed by atoms with Gasteiger partial charge in [-0.1, -0.05) is 0 Å². The van der Waals surface area contributed by atoms with Gasteiger partial charge >= 0.3 is 35.8 Å². The van der Waals surface area contributed by atoms with Crippen LogP contribution in [0, 0.1) is 5.92 Å². The molecule has 41 heavy (non-hydrogen) atoms. The molecule has 0 saturated carbocycles. The van der Waals surface area contributed by atoms with Crippen LogP contribution < -0.4 is 0 Å². The molecule has 0 aromatic heterocycles. The van der Waals surface area contributed by atoms with E-state index in [2.05, 4.69) is 0 Å². The SMILES string of the molecule is O=C(O)CCC(=O)O[C@@H]1CO[C@H]2[C@@H]1OC[C@@H]2OC(=O)/C=C(\C(=O)O)C(CC(=O)O[C@@H]1CO[C@H]2[C@@H]1OC[C@@H]2O)C(=O)O. The highest BCUT2D eigenvalue weighted by Crippen LogP contribution is 2.32. The first-order valence-electron chi connectivity index (χ1n) is 12.6. The second kappa shape index (κ2) is 12.9. The van der Waals surface area contributed by atoms with Crippen LogP contribution in [0.5, 0.6) is 0 Å². The summed E-state index contributed by atoms with van der Waals surface area (Å²) in [4.78, 5) is 71.2. The summed E-state index contributed by atoms with van der Waals surface area (Å²) in [6.07, 6.45) is -8.31. The molecule has 0 bridgehead atoms. The number of ether oxygens (including phenoxy) is 7. The molecule has 1 unspecified atom stereocenters. The van der Waals surface area contributed by atoms with Gasteiger partial charge in [0.05, 0.1) is 57.2 Å². The second-order valence-corrected chi connectivity index (χ2v) is 9.68. The molecule has 17 heteroatoms. The highest BCUT2D eigenvalue weighted by Gasteiger charge is 2.51. The van der Waals surface area contributed by atoms with Crippen LogP contribution in [-0.2, 0) is 61.9 Å². The standard InChI is InChI=1S/C24H28O17/c25-11-5-35-20-12(6-36-19(11)20)40-17(29)3-9(23(31)32)10(24(33)34)4-18(30)41-14-8-38-21-13(7-37-22(14)21)39-16(28)2-1-15(26)27/h4,9,11-14,19-22,25H,1-3,5-8H2,(H,26,27)(H,31,32)(H,33,34)/b10-4-/t9?,11-,12+,13+,14-,19+,20+,21+,22+/m0/s1. The van der Waals surface area contributed by atoms with E-state index < -0.39 is 109 Å². The molecule has 0 aliphatic carbocycles. The van der Waals surface area contributed by atoms with Gasteiger partial charge in [-0.3, -0.25) is 19.2 Å². The number of fused-ring (bicyclic) bond motifs is 2. The van der Waals surface area contributed by atoms with Crippen molar-refractivity contribution < 1.29 is 82.4 Å². The Bertz CT molecular complexity index is 1100. The number of carbonyl (C=O) groups excluding carboxylic acids is 3. The van der Waals surface area contributed by atoms with Gasteiger partial charge in [0, 0.05) is 6.08 Å². The van der Waals surface area contributed by atoms with E-state index >= 15 is 0 Å². The number of hydrogen-bond donors (Lipinski definition) is 4. The van der Waals surface area contributed by atoms with Crippen LogP contribution in [0.25, 0.3) is 0 Å². The van der Waals surface area contributed by atoms with Crippen molar-refractivity contribution in [3.8, 4) is 0 Å². The number of carboxylic acids is 3. The Labute approximate surface area is 230 Å². The zero-order valence-corrected chi connectivity index (χ0v) is 21.3. The van der Waals surface area contributed by atoms with Gasteiger partial charge in [-0.25, -0.2) is 9.59 Å². The van der Waals surface area contributed by atoms with Gasteiger partial charge in [-0.05, 0) is 0 Å². The van der Waals surface area contributed by atoms with Crippen molar-refractivity contribution in [2.45, 2.75) is 68.1 Å². The van der Waals surface area contributed by atoms with Gasteiger partial charge in [0.2, 0.25) is 0 Å². The van der Waals surface area contributed by atoms with Gasteiger partial charge in [0.25, 0.3) is 0 Å². The minimum absolute atomic E-state index is 0.0353. The van der Waals surface area contributed by atoms with E-state index in [-0.39, 0.29) is 32.8 Å². The molecule has 0 aromatic carbocycles. The van der Waals surface area contributed by atoms with Crippen molar-refractivity contribution in [2.75, 3.05) is 26.4 Å². The largest absolute Gasteiger partial charge is 0.481 e. The van der Waals surface area contributed by atoms with E-state index in [9.17, 15) is 44.1 Å². The summed E-state index contributed by atoms with van der Waals surface area (Å²) >= 11 is 0. The minimum atomic E-state index is -1.98. The molecule has 4 rings (SSSR count). The highest BCUT2D eigenvalue weighted by atomic mass is 16.7. The Morgan fingerprint density at radius 1 is 0.707 bits per heavy atom. The van der Waals surface area contributed by atoms with Gasteiger partial charge < -0.3 is 53.6 Å². The molecule has 4 N–H and O–H groups in total. The Kier molecular flexibility index (Phi) is 9.54. The first-order chi connectivity index (χ1) is 19.4. The molecule has 4 saturated heterocycles. The maximum absolute atomic E-state index is 12.6. The normalized spacial score (nSPS) is 33.0. The van der Waals surface area contributed by atoms with E-state index in [0.29, 0.717) is 6.08 Å². The van der Waals surface area contributed by atoms with Gasteiger partial charge in [-0.2, -0.15) is 0 Å². The fraction of sp³-hybridized carbons (Fsp3) is 0.667. The predicted octanol–water partition coefficient (Wildman–Crippen LogP) is -2.36. The lowest BCUT2D eigenvalue weighted by Gasteiger charge is -2.19. The molecule has 0 radical (unpaired) electrons. The third-order valence-electron chi connectivity index (χ3n) is 6.89. The fourth-order valence-corrected chi connectivity index (χ4v) is 4.95. The van der Waals surface area contributed by atoms with Crippen molar-refractivity contribution in [2.24, 2.45) is 5.92 Å². The lowest BCUT2D eigenvalue weighted by Crippen LogP contribution is -2.36. The Morgan fingerprint density at radius 3 is 1.78 bits per heavy atom. The minimum Gasteiger partial charge on any atom is -0.481 e. The predicted molar refractivity (Wildman–Crippen MR) is 123 cm³/mol. The van der Waals surface area contributed by atoms with Crippen LogP contribution in [0.15, 0.2) is 11.6 Å². The second-order valence-electron chi connectivity index (χ2n) is 9.68. The van der Waals surface area contributed by atoms with Crippen LogP contribution in [0.3, 0.4) is 0 Å². The number of carboxylic acid groups (broad SMARTS) is 3. The lowest BCUT2D eigenvalue weighted by atomic mass is 9.95. The number of aliphatic hydroxyl groups is 1. The van der Waals surface area contributed by atoms with Gasteiger partial charge in [0.15, 0.2) is 18.3 Å². The maximum atomic E-state index is 12.6. The summed E-state index contributed by atoms with van der Waals surface area (Å²) in [6, 6.07) is 0. The molecular formula is C24H28O17. The van der Waals surface area contributed by atoms with Gasteiger partial charge in [0.1, 0.15) is 30.5 Å². The molecular weight excluding hydrogens is 560 g/mol. The number of aliphatic hydroxyl groups excluding tert-OH is 1. The van der Waals surface area contributed by atoms with Crippen molar-refractivity contribution in [1.82, 2.24) is 0 Å². The van der Waals surface area contributed by atoms with Crippen LogP contribution in [0.1, 0.15) is 19.3 Å². The monoisotopic (exact) mass is 588 g/mol. The third-order valence-corrected chi connectivity index (χ3v) is 6.89. The van der Waals surface area contributed by atoms with Crippen molar-refractivity contribution in [3.63, 3.8) is 0 Å². The smallest absolute Gasteiger partial charge is 0.332 e. The first kappa shape index (κ1) is 30.3. The fourth-order valence-electron chi connectivity index (χ4n) is 4.95. The number of aliphatic carboxylic acids is 3. The van der Waals surface area contributed by atoms with E-state index in [1.165, 1.54) is 0 Å². The summed E-state index contributed by atoms with van der Waals surface area (Å²) in [6.45, 7) is -0.483. The molecule has 0 amide bonds. The number of hydrogen-bond acceptors (Lipinski definition) is 14. The van der Waals surface area contributed by atoms with Crippen LogP contribution in [0.2, 0.25) is 0 Å². The van der Waals surface area contributed by atoms with Crippen LogP contribution in [0.4, 0.5) is 0 Å². The molecule has 4 aliphatic rings. The number of esters is 3. The highest BCUT2D eigenvalue weighted by molar-refractivity contribution is 6.01. The van der Waals surface area contributed by atoms with Crippen LogP contribution >= 0.6 is 0 Å². The van der Waals surface area contributed by atoms with E-state index in [4.69, 9.17) is 38.3 Å². The van der Waals surface area contributed by atoms with E-state index in [0.717, 1.165) is 0 Å². The number of rotatable bonds is 12. The molecule has 0 aromatic rings. The molecule has 9 atom stereocenters. The third kappa shape index (κ3) is 7.17. The average Bonchev–Trinajstić information content (AvgIpc) is 3.66. The summed E-state index contributed by atoms with van der Waals surface area (Å²) in [7, 11) is 0. The van der Waals surface area contributed by atoms with Crippen LogP contribution in [-0.4, -0.2) is 132 Å². The molecule has 4 aliphatic heterocycles. The summed E-state index contributed by atoms with van der Waals surface area (Å²) in [5.74, 6) is -9.79. The van der Waals surface area contributed by atoms with Crippen molar-refractivity contribution in [1.29, 1.82) is 0 Å². The maximum Gasteiger partial charge on any atom is 0.332 e. The van der Waals surface area contributed by atoms with Crippen molar-refractivity contribution in [3.05, 3.63) is 11.6 Å². The molecule has 4 fully saturated rings. The molecule has 17 nitrogen and oxygen atoms in total. The zero-order valence-electron chi connectivity index (χ0n) is 21.3. The lowest BCUT2D eigenvalue weighted by molar-refractivity contribution is -0.158. The summed E-state index contributed by atoms with van der Waals surface area (Å²) < 4.78 is 37.3. The zero-order chi connectivity index (χ0) is 29.8. The first-order valence-corrected chi connectivity index (χ1v) is 12.6. The molecule has 0 spiro atoms. The Morgan fingerprint density at radius 2 is 1.22 bits per heavy atom. The molecule has 4 heterocycles. The Hall–Kier alpha value is -3.64. The van der Waals surface area contributed by atoms with E-state index in [1.807, 2.05) is 0 Å². The quantitative estimate of drug-likeness (QED) is 0.106. The molecule has 226 valence electrons. The topological polar surface area (TPSA) is 248 Å². The average molecular weight is 588 g/mol. The summed E-state index contributed by atoms with van der Waals surface area (Å²) in [5.41, 5.74) is -0.944. The van der Waals surface area contributed by atoms with E-state index in [1.54, 1.807) is 0 Å². The summed E-state index contributed by atoms with van der Waals surface area (Å²) in [5, 5.41) is 37.7. The Balaban J connectivity index is 1.34. The van der Waals surface area contributed by atoms with Gasteiger partial charge in [-0.15, -0.1) is 0 Å². The number of carbonyl (C=O) groups is 6.